The van der Waals surface area contributed by atoms with Gasteiger partial charge in [-0.05, 0) is 37.3 Å². The van der Waals surface area contributed by atoms with Gasteiger partial charge in [-0.15, -0.1) is 0 Å². The van der Waals surface area contributed by atoms with Crippen molar-refractivity contribution in [3.63, 3.8) is 0 Å². The third-order valence-electron chi connectivity index (χ3n) is 3.59. The molecule has 4 nitrogen and oxygen atoms in total. The number of ether oxygens (including phenoxy) is 1. The number of Topliss-reactive ketones (excluding diaryl/α,β-unsaturated/α-hetero) is 1. The van der Waals surface area contributed by atoms with E-state index >= 15 is 0 Å². The highest BCUT2D eigenvalue weighted by atomic mass is 35.5. The molecule has 1 heterocycles. The van der Waals surface area contributed by atoms with Crippen LogP contribution in [0, 0.1) is 0 Å². The quantitative estimate of drug-likeness (QED) is 0.575. The van der Waals surface area contributed by atoms with E-state index in [-0.39, 0.29) is 5.78 Å². The van der Waals surface area contributed by atoms with Gasteiger partial charge in [0.15, 0.2) is 6.10 Å². The Kier molecular flexibility index (Phi) is 4.17. The Hall–Kier alpha value is -2.59. The van der Waals surface area contributed by atoms with Gasteiger partial charge < -0.3 is 9.72 Å². The number of H-pyrrole nitrogens is 1. The van der Waals surface area contributed by atoms with E-state index in [4.69, 9.17) is 16.3 Å². The Labute approximate surface area is 138 Å². The fourth-order valence-corrected chi connectivity index (χ4v) is 2.49. The van der Waals surface area contributed by atoms with E-state index in [1.807, 2.05) is 24.3 Å². The van der Waals surface area contributed by atoms with Crippen LogP contribution in [0.1, 0.15) is 27.6 Å². The molecule has 0 saturated heterocycles. The van der Waals surface area contributed by atoms with Gasteiger partial charge in [-0.25, -0.2) is 4.79 Å². The minimum atomic E-state index is -0.877. The molecule has 0 aliphatic carbocycles. The molecule has 0 amide bonds. The third-order valence-corrected chi connectivity index (χ3v) is 3.84. The average Bonchev–Trinajstić information content (AvgIpc) is 2.99. The Morgan fingerprint density at radius 3 is 2.52 bits per heavy atom. The maximum absolute atomic E-state index is 12.3. The van der Waals surface area contributed by atoms with E-state index in [0.29, 0.717) is 16.1 Å². The van der Waals surface area contributed by atoms with Crippen LogP contribution in [0.4, 0.5) is 0 Å². The lowest BCUT2D eigenvalue weighted by molar-refractivity contribution is 0.0321. The SMILES string of the molecule is C[C@@H](OC(=O)c1c[nH]c2ccccc12)C(=O)c1ccc(Cl)cc1. The number of hydrogen-bond donors (Lipinski definition) is 1. The standard InChI is InChI=1S/C18H14ClNO3/c1-11(17(21)12-6-8-13(19)9-7-12)23-18(22)15-10-20-16-5-3-2-4-14(15)16/h2-11,20H,1H3/t11-/m1/s1. The second-order valence-electron chi connectivity index (χ2n) is 5.17. The van der Waals surface area contributed by atoms with Crippen molar-refractivity contribution in [3.8, 4) is 0 Å². The molecule has 0 bridgehead atoms. The topological polar surface area (TPSA) is 59.2 Å². The van der Waals surface area contributed by atoms with E-state index in [1.165, 1.54) is 0 Å². The fraction of sp³-hybridized carbons (Fsp3) is 0.111. The predicted octanol–water partition coefficient (Wildman–Crippen LogP) is 4.25. The first kappa shape index (κ1) is 15.3. The van der Waals surface area contributed by atoms with E-state index < -0.39 is 12.1 Å². The molecular formula is C18H14ClNO3. The number of para-hydroxylation sites is 1. The number of carbonyl (C=O) groups excluding carboxylic acids is 2. The van der Waals surface area contributed by atoms with Crippen molar-refractivity contribution in [2.75, 3.05) is 0 Å². The normalized spacial score (nSPS) is 12.1. The third kappa shape index (κ3) is 3.12. The van der Waals surface area contributed by atoms with Crippen LogP contribution in [0.5, 0.6) is 0 Å². The Morgan fingerprint density at radius 2 is 1.78 bits per heavy atom. The first-order valence-corrected chi connectivity index (χ1v) is 7.51. The molecule has 2 aromatic carbocycles. The van der Waals surface area contributed by atoms with Crippen LogP contribution in [0.3, 0.4) is 0 Å². The van der Waals surface area contributed by atoms with E-state index in [1.54, 1.807) is 37.4 Å². The van der Waals surface area contributed by atoms with Crippen molar-refractivity contribution in [3.05, 3.63) is 70.9 Å². The monoisotopic (exact) mass is 327 g/mol. The Morgan fingerprint density at radius 1 is 1.09 bits per heavy atom. The van der Waals surface area contributed by atoms with Crippen LogP contribution in [0.25, 0.3) is 10.9 Å². The Balaban J connectivity index is 1.77. The van der Waals surface area contributed by atoms with Crippen molar-refractivity contribution >= 4 is 34.3 Å². The number of benzene rings is 2. The number of esters is 1. The molecule has 23 heavy (non-hydrogen) atoms. The van der Waals surface area contributed by atoms with Gasteiger partial charge in [-0.3, -0.25) is 4.79 Å². The summed E-state index contributed by atoms with van der Waals surface area (Å²) in [4.78, 5) is 27.6. The number of carbonyl (C=O) groups is 2. The van der Waals surface area contributed by atoms with Crippen molar-refractivity contribution in [1.82, 2.24) is 4.98 Å². The number of rotatable bonds is 4. The molecule has 0 aliphatic heterocycles. The molecule has 3 rings (SSSR count). The van der Waals surface area contributed by atoms with Crippen LogP contribution in [0.15, 0.2) is 54.7 Å². The maximum atomic E-state index is 12.3. The summed E-state index contributed by atoms with van der Waals surface area (Å²) in [5, 5.41) is 1.31. The van der Waals surface area contributed by atoms with Gasteiger partial charge in [0.25, 0.3) is 0 Å². The molecule has 0 spiro atoms. The predicted molar refractivity (Wildman–Crippen MR) is 89.0 cm³/mol. The van der Waals surface area contributed by atoms with Gasteiger partial charge in [0.1, 0.15) is 0 Å². The van der Waals surface area contributed by atoms with Crippen LogP contribution >= 0.6 is 11.6 Å². The summed E-state index contributed by atoms with van der Waals surface area (Å²) in [6.45, 7) is 1.56. The summed E-state index contributed by atoms with van der Waals surface area (Å²) in [6.07, 6.45) is 0.712. The van der Waals surface area contributed by atoms with Crippen molar-refractivity contribution in [2.45, 2.75) is 13.0 Å². The summed E-state index contributed by atoms with van der Waals surface area (Å²) in [5.41, 5.74) is 1.71. The van der Waals surface area contributed by atoms with Crippen LogP contribution in [0.2, 0.25) is 5.02 Å². The zero-order valence-corrected chi connectivity index (χ0v) is 13.1. The zero-order chi connectivity index (χ0) is 16.4. The summed E-state index contributed by atoms with van der Waals surface area (Å²) >= 11 is 5.80. The van der Waals surface area contributed by atoms with Gasteiger partial charge >= 0.3 is 5.97 Å². The van der Waals surface area contributed by atoms with Crippen LogP contribution in [-0.2, 0) is 4.74 Å². The summed E-state index contributed by atoms with van der Waals surface area (Å²) < 4.78 is 5.31. The number of aromatic amines is 1. The molecule has 0 unspecified atom stereocenters. The molecule has 5 heteroatoms. The number of ketones is 1. The number of aromatic nitrogens is 1. The molecule has 1 atom stereocenters. The van der Waals surface area contributed by atoms with E-state index in [2.05, 4.69) is 4.98 Å². The fourth-order valence-electron chi connectivity index (χ4n) is 2.37. The van der Waals surface area contributed by atoms with E-state index in [0.717, 1.165) is 10.9 Å². The van der Waals surface area contributed by atoms with Crippen LogP contribution in [-0.4, -0.2) is 22.8 Å². The van der Waals surface area contributed by atoms with Crippen LogP contribution < -0.4 is 0 Å². The smallest absolute Gasteiger partial charge is 0.341 e. The maximum Gasteiger partial charge on any atom is 0.341 e. The van der Waals surface area contributed by atoms with E-state index in [9.17, 15) is 9.59 Å². The van der Waals surface area contributed by atoms with Crippen molar-refractivity contribution in [1.29, 1.82) is 0 Å². The lowest BCUT2D eigenvalue weighted by Crippen LogP contribution is -2.24. The molecule has 0 aliphatic rings. The highest BCUT2D eigenvalue weighted by molar-refractivity contribution is 6.30. The average molecular weight is 328 g/mol. The molecule has 1 aromatic heterocycles. The largest absolute Gasteiger partial charge is 0.451 e. The second-order valence-corrected chi connectivity index (χ2v) is 5.60. The lowest BCUT2D eigenvalue weighted by Gasteiger charge is -2.12. The summed E-state index contributed by atoms with van der Waals surface area (Å²) in [5.74, 6) is -0.799. The zero-order valence-electron chi connectivity index (χ0n) is 12.4. The molecule has 0 fully saturated rings. The minimum absolute atomic E-state index is 0.269. The van der Waals surface area contributed by atoms with Gasteiger partial charge in [-0.1, -0.05) is 29.8 Å². The summed E-state index contributed by atoms with van der Waals surface area (Å²) in [7, 11) is 0. The first-order valence-electron chi connectivity index (χ1n) is 7.13. The molecule has 1 N–H and O–H groups in total. The molecule has 0 saturated carbocycles. The number of hydrogen-bond acceptors (Lipinski definition) is 3. The van der Waals surface area contributed by atoms with Gasteiger partial charge in [-0.2, -0.15) is 0 Å². The minimum Gasteiger partial charge on any atom is -0.451 e. The number of nitrogens with one attached hydrogen (secondary N) is 1. The van der Waals surface area contributed by atoms with Crippen molar-refractivity contribution in [2.24, 2.45) is 0 Å². The lowest BCUT2D eigenvalue weighted by atomic mass is 10.1. The number of halogens is 1. The number of fused-ring (bicyclic) bond motifs is 1. The van der Waals surface area contributed by atoms with Gasteiger partial charge in [0.2, 0.25) is 5.78 Å². The second kappa shape index (κ2) is 6.26. The van der Waals surface area contributed by atoms with Crippen molar-refractivity contribution < 1.29 is 14.3 Å². The molecule has 0 radical (unpaired) electrons. The first-order chi connectivity index (χ1) is 11.1. The van der Waals surface area contributed by atoms with Gasteiger partial charge in [0, 0.05) is 27.7 Å². The Bertz CT molecular complexity index is 867. The molecular weight excluding hydrogens is 314 g/mol. The molecule has 3 aromatic rings. The molecule has 116 valence electrons. The van der Waals surface area contributed by atoms with Gasteiger partial charge in [0.05, 0.1) is 5.56 Å². The highest BCUT2D eigenvalue weighted by Crippen LogP contribution is 2.20. The summed E-state index contributed by atoms with van der Waals surface area (Å²) in [6, 6.07) is 13.9. The highest BCUT2D eigenvalue weighted by Gasteiger charge is 2.22.